The van der Waals surface area contributed by atoms with Crippen molar-refractivity contribution in [2.24, 2.45) is 10.1 Å². The number of nitrogens with zero attached hydrogens (tertiary/aromatic N) is 4. The Morgan fingerprint density at radius 2 is 2.62 bits per heavy atom. The van der Waals surface area contributed by atoms with Crippen LogP contribution in [0.5, 0.6) is 0 Å². The quantitative estimate of drug-likeness (QED) is 0.215. The summed E-state index contributed by atoms with van der Waals surface area (Å²) in [7, 11) is 1.72. The molecule has 1 heterocycles. The summed E-state index contributed by atoms with van der Waals surface area (Å²) in [6.45, 7) is 0.764. The Labute approximate surface area is 104 Å². The zero-order valence-corrected chi connectivity index (χ0v) is 11.1. The highest BCUT2D eigenvalue weighted by Crippen LogP contribution is 2.18. The van der Waals surface area contributed by atoms with Gasteiger partial charge in [-0.1, -0.05) is 22.6 Å². The van der Waals surface area contributed by atoms with Crippen molar-refractivity contribution in [2.45, 2.75) is 3.92 Å². The number of hydrogen-bond donors (Lipinski definition) is 1. The Bertz CT molecular complexity index is 292. The minimum atomic E-state index is 0.385. The van der Waals surface area contributed by atoms with E-state index in [1.165, 1.54) is 0 Å². The Morgan fingerprint density at radius 3 is 3.00 bits per heavy atom. The molecule has 70 valence electrons. The lowest BCUT2D eigenvalue weighted by atomic mass is 10.5. The van der Waals surface area contributed by atoms with Gasteiger partial charge in [-0.3, -0.25) is 0 Å². The summed E-state index contributed by atoms with van der Waals surface area (Å²) in [5.41, 5.74) is 0. The number of guanidine groups is 1. The Balaban J connectivity index is 2.76. The van der Waals surface area contributed by atoms with Crippen LogP contribution in [0.2, 0.25) is 0 Å². The normalized spacial score (nSPS) is 22.6. The van der Waals surface area contributed by atoms with Crippen LogP contribution in [-0.2, 0) is 0 Å². The third-order valence-electron chi connectivity index (χ3n) is 1.43. The van der Waals surface area contributed by atoms with E-state index in [1.54, 1.807) is 18.2 Å². The molecule has 0 saturated heterocycles. The molecule has 0 aromatic carbocycles. The molecule has 5 nitrogen and oxygen atoms in total. The summed E-state index contributed by atoms with van der Waals surface area (Å²) < 4.78 is 1.41. The molecule has 0 radical (unpaired) electrons. The van der Waals surface area contributed by atoms with Crippen molar-refractivity contribution in [3.8, 4) is 6.19 Å². The van der Waals surface area contributed by atoms with Crippen LogP contribution in [0.25, 0.3) is 0 Å². The van der Waals surface area contributed by atoms with Crippen LogP contribution < -0.4 is 5.32 Å². The molecule has 1 aliphatic rings. The van der Waals surface area contributed by atoms with Gasteiger partial charge >= 0.3 is 0 Å². The summed E-state index contributed by atoms with van der Waals surface area (Å²) >= 11 is 4.49. The first-order valence-electron chi connectivity index (χ1n) is 3.49. The maximum Gasteiger partial charge on any atom is 0.230 e. The smallest absolute Gasteiger partial charge is 0.230 e. The molecule has 0 bridgehead atoms. The summed E-state index contributed by atoms with van der Waals surface area (Å²) in [6.07, 6.45) is 1.73. The van der Waals surface area contributed by atoms with Gasteiger partial charge in [-0.15, -0.1) is 4.99 Å². The highest BCUT2D eigenvalue weighted by atomic mass is 127. The van der Waals surface area contributed by atoms with Crippen molar-refractivity contribution < 1.29 is 0 Å². The molecular weight excluding hydrogens is 396 g/mol. The van der Waals surface area contributed by atoms with Crippen LogP contribution in [0.1, 0.15) is 0 Å². The van der Waals surface area contributed by atoms with Crippen molar-refractivity contribution in [3.05, 3.63) is 0 Å². The number of nitriles is 1. The number of halogens is 2. The summed E-state index contributed by atoms with van der Waals surface area (Å²) in [4.78, 5) is 3.62. The zero-order chi connectivity index (χ0) is 9.84. The van der Waals surface area contributed by atoms with E-state index in [-0.39, 0.29) is 0 Å². The van der Waals surface area contributed by atoms with Gasteiger partial charge in [0.2, 0.25) is 12.2 Å². The first-order valence-corrected chi connectivity index (χ1v) is 5.81. The van der Waals surface area contributed by atoms with Gasteiger partial charge in [-0.25, -0.2) is 5.01 Å². The first-order chi connectivity index (χ1) is 6.19. The molecule has 0 fully saturated rings. The highest BCUT2D eigenvalue weighted by Gasteiger charge is 2.24. The zero-order valence-electron chi connectivity index (χ0n) is 6.83. The molecule has 7 heteroatoms. The van der Waals surface area contributed by atoms with Gasteiger partial charge in [0.05, 0.1) is 10.5 Å². The van der Waals surface area contributed by atoms with Crippen molar-refractivity contribution in [3.63, 3.8) is 0 Å². The van der Waals surface area contributed by atoms with E-state index in [9.17, 15) is 0 Å². The summed E-state index contributed by atoms with van der Waals surface area (Å²) in [5.74, 6) is 0.496. The van der Waals surface area contributed by atoms with Gasteiger partial charge in [0.25, 0.3) is 0 Å². The van der Waals surface area contributed by atoms with Gasteiger partial charge < -0.3 is 5.32 Å². The number of nitrogens with one attached hydrogen (secondary N) is 1. The molecule has 1 N–H and O–H groups in total. The lowest BCUT2D eigenvalue weighted by Gasteiger charge is -2.14. The predicted molar refractivity (Wildman–Crippen MR) is 68.1 cm³/mol. The van der Waals surface area contributed by atoms with Crippen LogP contribution in [0.3, 0.4) is 0 Å². The molecule has 0 amide bonds. The fraction of sp³-hybridized carbons (Fsp3) is 0.500. The molecule has 1 aliphatic heterocycles. The van der Waals surface area contributed by atoms with Crippen LogP contribution in [0.4, 0.5) is 0 Å². The maximum absolute atomic E-state index is 8.40. The molecule has 1 rings (SSSR count). The number of aliphatic imine (C=N–C) groups is 1. The number of hydrazone groups is 1. The van der Waals surface area contributed by atoms with Crippen molar-refractivity contribution >= 4 is 54.9 Å². The van der Waals surface area contributed by atoms with E-state index in [2.05, 4.69) is 60.6 Å². The van der Waals surface area contributed by atoms with Crippen LogP contribution in [0, 0.1) is 11.5 Å². The molecule has 0 spiro atoms. The van der Waals surface area contributed by atoms with Gasteiger partial charge in [0.1, 0.15) is 3.72 Å². The third-order valence-corrected chi connectivity index (χ3v) is 4.58. The standard InChI is InChI=1S/C6H7I2N5/c1-10-6(11-3-9)13-2-4(7)5(8)12-13/h4H,2H2,1H3,(H,10,11). The highest BCUT2D eigenvalue weighted by molar-refractivity contribution is 14.1. The Hall–Kier alpha value is -0.110. The Morgan fingerprint density at radius 1 is 1.92 bits per heavy atom. The van der Waals surface area contributed by atoms with E-state index in [0.717, 1.165) is 10.3 Å². The lowest BCUT2D eigenvalue weighted by Crippen LogP contribution is -2.35. The van der Waals surface area contributed by atoms with Crippen LogP contribution in [0.15, 0.2) is 10.1 Å². The van der Waals surface area contributed by atoms with E-state index >= 15 is 0 Å². The third kappa shape index (κ3) is 2.67. The van der Waals surface area contributed by atoms with Gasteiger partial charge in [0.15, 0.2) is 0 Å². The minimum absolute atomic E-state index is 0.385. The molecule has 0 aromatic rings. The molecule has 1 atom stereocenters. The second kappa shape index (κ2) is 4.94. The fourth-order valence-corrected chi connectivity index (χ4v) is 1.82. The SMILES string of the molecule is CN/C(=N/C#N)N1CC(I)C(I)=N1. The van der Waals surface area contributed by atoms with E-state index in [1.807, 2.05) is 0 Å². The largest absolute Gasteiger partial charge is 0.357 e. The fourth-order valence-electron chi connectivity index (χ4n) is 0.870. The summed E-state index contributed by atoms with van der Waals surface area (Å²) in [6, 6.07) is 0. The summed E-state index contributed by atoms with van der Waals surface area (Å²) in [5, 5.41) is 17.2. The Kier molecular flexibility index (Phi) is 4.17. The predicted octanol–water partition coefficient (Wildman–Crippen LogP) is 0.911. The molecule has 13 heavy (non-hydrogen) atoms. The number of hydrogen-bond acceptors (Lipinski definition) is 3. The number of alkyl halides is 1. The minimum Gasteiger partial charge on any atom is -0.357 e. The maximum atomic E-state index is 8.40. The molecule has 1 unspecified atom stereocenters. The van der Waals surface area contributed by atoms with Crippen molar-refractivity contribution in [1.82, 2.24) is 10.3 Å². The topological polar surface area (TPSA) is 63.8 Å². The average Bonchev–Trinajstić information content (AvgIpc) is 2.43. The van der Waals surface area contributed by atoms with E-state index in [0.29, 0.717) is 9.88 Å². The molecule has 0 aliphatic carbocycles. The van der Waals surface area contributed by atoms with Crippen molar-refractivity contribution in [2.75, 3.05) is 13.6 Å². The van der Waals surface area contributed by atoms with Crippen LogP contribution >= 0.6 is 45.2 Å². The number of rotatable bonds is 0. The first kappa shape index (κ1) is 11.0. The van der Waals surface area contributed by atoms with E-state index < -0.39 is 0 Å². The van der Waals surface area contributed by atoms with E-state index in [4.69, 9.17) is 5.26 Å². The second-order valence-electron chi connectivity index (χ2n) is 2.26. The molecule has 0 saturated carbocycles. The van der Waals surface area contributed by atoms with Crippen LogP contribution in [-0.4, -0.2) is 32.2 Å². The second-order valence-corrected chi connectivity index (χ2v) is 4.87. The van der Waals surface area contributed by atoms with Gasteiger partial charge in [-0.05, 0) is 22.6 Å². The lowest BCUT2D eigenvalue weighted by molar-refractivity contribution is 0.480. The van der Waals surface area contributed by atoms with Gasteiger partial charge in [0, 0.05) is 7.05 Å². The van der Waals surface area contributed by atoms with Crippen molar-refractivity contribution in [1.29, 1.82) is 5.26 Å². The average molecular weight is 403 g/mol. The molecule has 0 aromatic heterocycles. The molecular formula is C6H7I2N5. The van der Waals surface area contributed by atoms with Gasteiger partial charge in [-0.2, -0.15) is 10.4 Å². The monoisotopic (exact) mass is 403 g/mol.